The van der Waals surface area contributed by atoms with E-state index in [1.54, 1.807) is 25.6 Å². The molecule has 0 spiro atoms. The number of anilines is 4. The molecule has 0 aliphatic rings. The Bertz CT molecular complexity index is 1590. The van der Waals surface area contributed by atoms with Crippen LogP contribution in [-0.4, -0.2) is 62.3 Å². The van der Waals surface area contributed by atoms with Crippen molar-refractivity contribution in [2.45, 2.75) is 40.2 Å². The summed E-state index contributed by atoms with van der Waals surface area (Å²) >= 11 is 0. The molecule has 14 nitrogen and oxygen atoms in total. The molecule has 3 N–H and O–H groups in total. The topological polar surface area (TPSA) is 180 Å². The Morgan fingerprint density at radius 1 is 1.12 bits per heavy atom. The Morgan fingerprint density at radius 3 is 2.50 bits per heavy atom. The molecule has 0 saturated carbocycles. The van der Waals surface area contributed by atoms with Gasteiger partial charge in [0.05, 0.1) is 12.8 Å². The van der Waals surface area contributed by atoms with Crippen molar-refractivity contribution in [2.75, 3.05) is 36.2 Å². The molecular formula is C28H32N12O2. The van der Waals surface area contributed by atoms with Crippen LogP contribution in [0.4, 0.5) is 34.8 Å². The second kappa shape index (κ2) is 13.9. The second-order valence-electron chi connectivity index (χ2n) is 9.55. The average Bonchev–Trinajstić information content (AvgIpc) is 3.38. The molecule has 0 bridgehead atoms. The van der Waals surface area contributed by atoms with E-state index < -0.39 is 0 Å². The summed E-state index contributed by atoms with van der Waals surface area (Å²) in [5.74, 6) is 1.35. The first kappa shape index (κ1) is 29.7. The number of nitrogens with one attached hydrogen (secondary N) is 3. The van der Waals surface area contributed by atoms with E-state index in [0.29, 0.717) is 30.7 Å². The molecular weight excluding hydrogens is 536 g/mol. The summed E-state index contributed by atoms with van der Waals surface area (Å²) in [7, 11) is 1.61. The Balaban J connectivity index is 1.80. The van der Waals surface area contributed by atoms with Gasteiger partial charge in [-0.2, -0.15) is 15.2 Å². The number of rotatable bonds is 13. The lowest BCUT2D eigenvalue weighted by Crippen LogP contribution is -2.22. The summed E-state index contributed by atoms with van der Waals surface area (Å²) in [6.45, 7) is 8.71. The van der Waals surface area contributed by atoms with Gasteiger partial charge in [0.2, 0.25) is 11.8 Å². The van der Waals surface area contributed by atoms with Gasteiger partial charge in [0.1, 0.15) is 17.9 Å². The summed E-state index contributed by atoms with van der Waals surface area (Å²) in [6.07, 6.45) is 5.68. The molecule has 1 aromatic carbocycles. The Labute approximate surface area is 243 Å². The number of azo groups is 1. The van der Waals surface area contributed by atoms with Crippen molar-refractivity contribution in [3.63, 3.8) is 0 Å². The minimum Gasteiger partial charge on any atom is -0.383 e. The Morgan fingerprint density at radius 2 is 1.83 bits per heavy atom. The molecule has 1 unspecified atom stereocenters. The summed E-state index contributed by atoms with van der Waals surface area (Å²) in [5, 5.41) is 32.6. The van der Waals surface area contributed by atoms with Gasteiger partial charge < -0.3 is 25.5 Å². The fourth-order valence-corrected chi connectivity index (χ4v) is 4.22. The maximum atomic E-state index is 11.1. The van der Waals surface area contributed by atoms with Crippen molar-refractivity contribution in [3.8, 4) is 12.0 Å². The Hall–Kier alpha value is -5.29. The van der Waals surface area contributed by atoms with Crippen molar-refractivity contribution in [1.29, 1.82) is 5.26 Å². The zero-order valence-corrected chi connectivity index (χ0v) is 24.1. The van der Waals surface area contributed by atoms with Crippen LogP contribution in [-0.2, 0) is 9.53 Å². The third kappa shape index (κ3) is 7.26. The zero-order valence-electron chi connectivity index (χ0n) is 24.1. The van der Waals surface area contributed by atoms with Gasteiger partial charge in [-0.05, 0) is 44.9 Å². The van der Waals surface area contributed by atoms with Crippen molar-refractivity contribution in [1.82, 2.24) is 29.7 Å². The quantitative estimate of drug-likeness (QED) is 0.114. The maximum Gasteiger partial charge on any atom is 0.250 e. The number of hydrogen-bond donors (Lipinski definition) is 3. The second-order valence-corrected chi connectivity index (χ2v) is 9.55. The van der Waals surface area contributed by atoms with Crippen LogP contribution in [0.1, 0.15) is 35.6 Å². The van der Waals surface area contributed by atoms with Crippen LogP contribution < -0.4 is 16.0 Å². The lowest BCUT2D eigenvalue weighted by Gasteiger charge is -2.19. The molecule has 0 saturated heterocycles. The first-order chi connectivity index (χ1) is 20.3. The number of benzene rings is 1. The predicted molar refractivity (Wildman–Crippen MR) is 158 cm³/mol. The van der Waals surface area contributed by atoms with Gasteiger partial charge in [0, 0.05) is 44.2 Å². The van der Waals surface area contributed by atoms with E-state index in [4.69, 9.17) is 9.72 Å². The lowest BCUT2D eigenvalue weighted by atomic mass is 10.1. The first-order valence-electron chi connectivity index (χ1n) is 13.2. The lowest BCUT2D eigenvalue weighted by molar-refractivity contribution is -0.107. The molecule has 3 aromatic heterocycles. The van der Waals surface area contributed by atoms with Gasteiger partial charge in [-0.3, -0.25) is 0 Å². The fourth-order valence-electron chi connectivity index (χ4n) is 4.22. The standard InChI is InChI=1S/C28H32N12O2/c1-17-12-18(2)22(19(3)13-17)34-27-35-25(30-10-7-11-41)23(26(36-27)33-20(4)16-42-5)37-38-24-21(14-29)15-40(39-24)28-31-8-6-9-32-28/h6,8-9,11-13,15,20H,7,10,16H2,1-5H3,(H3,30,33,34,35,36). The number of aldehydes is 1. The van der Waals surface area contributed by atoms with Crippen LogP contribution in [0.2, 0.25) is 0 Å². The molecule has 4 rings (SSSR count). The van der Waals surface area contributed by atoms with E-state index in [1.165, 1.54) is 10.9 Å². The monoisotopic (exact) mass is 568 g/mol. The largest absolute Gasteiger partial charge is 0.383 e. The average molecular weight is 569 g/mol. The summed E-state index contributed by atoms with van der Waals surface area (Å²) in [5.41, 5.74) is 4.56. The molecule has 0 radical (unpaired) electrons. The van der Waals surface area contributed by atoms with E-state index in [0.717, 1.165) is 28.7 Å². The smallest absolute Gasteiger partial charge is 0.250 e. The van der Waals surface area contributed by atoms with Crippen molar-refractivity contribution >= 4 is 41.1 Å². The van der Waals surface area contributed by atoms with Crippen LogP contribution in [0.3, 0.4) is 0 Å². The van der Waals surface area contributed by atoms with Gasteiger partial charge in [-0.1, -0.05) is 17.7 Å². The summed E-state index contributed by atoms with van der Waals surface area (Å²) in [4.78, 5) is 28.8. The van der Waals surface area contributed by atoms with Crippen molar-refractivity contribution < 1.29 is 9.53 Å². The SMILES string of the molecule is COCC(C)Nc1nc(Nc2c(C)cc(C)cc2C)nc(NCCC=O)c1N=Nc1nn(-c2ncccn2)cc1C#N. The molecule has 0 aliphatic carbocycles. The predicted octanol–water partition coefficient (Wildman–Crippen LogP) is 4.86. The molecule has 4 aromatic rings. The molecule has 0 fully saturated rings. The number of methoxy groups -OCH3 is 1. The highest BCUT2D eigenvalue weighted by molar-refractivity contribution is 5.77. The number of carbonyl (C=O) groups excluding carboxylic acids is 1. The van der Waals surface area contributed by atoms with Gasteiger partial charge in [-0.25, -0.2) is 14.6 Å². The van der Waals surface area contributed by atoms with E-state index in [2.05, 4.69) is 64.4 Å². The van der Waals surface area contributed by atoms with Crippen LogP contribution >= 0.6 is 0 Å². The van der Waals surface area contributed by atoms with E-state index in [-0.39, 0.29) is 35.5 Å². The van der Waals surface area contributed by atoms with Gasteiger partial charge in [0.25, 0.3) is 5.95 Å². The van der Waals surface area contributed by atoms with Crippen LogP contribution in [0, 0.1) is 32.1 Å². The normalized spacial score (nSPS) is 11.7. The minimum atomic E-state index is -0.151. The number of ether oxygens (including phenoxy) is 1. The van der Waals surface area contributed by atoms with E-state index in [9.17, 15) is 10.1 Å². The van der Waals surface area contributed by atoms with Gasteiger partial charge in [0.15, 0.2) is 17.3 Å². The molecule has 14 heteroatoms. The fraction of sp³-hybridized carbons (Fsp3) is 0.321. The number of hydrogen-bond acceptors (Lipinski definition) is 13. The third-order valence-corrected chi connectivity index (χ3v) is 5.97. The molecule has 42 heavy (non-hydrogen) atoms. The van der Waals surface area contributed by atoms with Gasteiger partial charge in [-0.15, -0.1) is 15.3 Å². The highest BCUT2D eigenvalue weighted by atomic mass is 16.5. The maximum absolute atomic E-state index is 11.1. The number of nitrogens with zero attached hydrogens (tertiary/aromatic N) is 9. The number of carbonyl (C=O) groups is 1. The highest BCUT2D eigenvalue weighted by Crippen LogP contribution is 2.36. The molecule has 3 heterocycles. The molecule has 1 atom stereocenters. The minimum absolute atomic E-state index is 0.0628. The zero-order chi connectivity index (χ0) is 30.1. The van der Waals surface area contributed by atoms with Crippen LogP contribution in [0.15, 0.2) is 47.0 Å². The van der Waals surface area contributed by atoms with Crippen LogP contribution in [0.5, 0.6) is 0 Å². The van der Waals surface area contributed by atoms with Crippen molar-refractivity contribution in [2.24, 2.45) is 10.2 Å². The highest BCUT2D eigenvalue weighted by Gasteiger charge is 2.19. The number of aromatic nitrogens is 6. The summed E-state index contributed by atoms with van der Waals surface area (Å²) < 4.78 is 6.66. The molecule has 216 valence electrons. The third-order valence-electron chi connectivity index (χ3n) is 5.97. The molecule has 0 amide bonds. The number of nitriles is 1. The van der Waals surface area contributed by atoms with Crippen molar-refractivity contribution in [3.05, 3.63) is 59.0 Å². The first-order valence-corrected chi connectivity index (χ1v) is 13.2. The summed E-state index contributed by atoms with van der Waals surface area (Å²) in [6, 6.07) is 7.75. The molecule has 0 aliphatic heterocycles. The van der Waals surface area contributed by atoms with E-state index in [1.807, 2.05) is 27.7 Å². The Kier molecular flexibility index (Phi) is 9.80. The van der Waals surface area contributed by atoms with Gasteiger partial charge >= 0.3 is 0 Å². The number of aryl methyl sites for hydroxylation is 3. The van der Waals surface area contributed by atoms with Crippen LogP contribution in [0.25, 0.3) is 5.95 Å². The van der Waals surface area contributed by atoms with E-state index >= 15 is 0 Å².